The summed E-state index contributed by atoms with van der Waals surface area (Å²) in [6.45, 7) is 18.2. The summed E-state index contributed by atoms with van der Waals surface area (Å²) in [6.07, 6.45) is 9.83. The lowest BCUT2D eigenvalue weighted by Crippen LogP contribution is -1.95. The van der Waals surface area contributed by atoms with Crippen molar-refractivity contribution in [3.05, 3.63) is 0 Å². The molecule has 1 aliphatic carbocycles. The predicted molar refractivity (Wildman–Crippen MR) is 91.7 cm³/mol. The molecule has 0 aromatic carbocycles. The van der Waals surface area contributed by atoms with Crippen molar-refractivity contribution < 1.29 is 0 Å². The molecule has 0 aliphatic heterocycles. The van der Waals surface area contributed by atoms with Crippen LogP contribution >= 0.6 is 0 Å². The van der Waals surface area contributed by atoms with Gasteiger partial charge < -0.3 is 0 Å². The summed E-state index contributed by atoms with van der Waals surface area (Å²) in [5.74, 6) is 3.82. The molecule has 0 nitrogen and oxygen atoms in total. The molecule has 19 heavy (non-hydrogen) atoms. The summed E-state index contributed by atoms with van der Waals surface area (Å²) >= 11 is 0. The summed E-state index contributed by atoms with van der Waals surface area (Å²) in [6, 6.07) is 0. The van der Waals surface area contributed by atoms with E-state index in [1.165, 1.54) is 44.9 Å². The van der Waals surface area contributed by atoms with E-state index in [9.17, 15) is 0 Å². The monoisotopic (exact) mass is 270 g/mol. The molecule has 1 rings (SSSR count). The van der Waals surface area contributed by atoms with Crippen LogP contribution in [0.3, 0.4) is 0 Å². The van der Waals surface area contributed by atoms with Crippen LogP contribution < -0.4 is 0 Å². The quantitative estimate of drug-likeness (QED) is 0.501. The van der Waals surface area contributed by atoms with Gasteiger partial charge in [0, 0.05) is 0 Å². The highest BCUT2D eigenvalue weighted by Gasteiger charge is 2.17. The average Bonchev–Trinajstić information content (AvgIpc) is 2.64. The Bertz CT molecular complexity index is 139. The smallest absolute Gasteiger partial charge is 0.0417 e. The second-order valence-electron chi connectivity index (χ2n) is 7.25. The first-order chi connectivity index (χ1) is 8.84. The Balaban J connectivity index is 0. The molecule has 2 unspecified atom stereocenters. The molecule has 1 saturated carbocycles. The van der Waals surface area contributed by atoms with Crippen LogP contribution in [0, 0.1) is 23.7 Å². The highest BCUT2D eigenvalue weighted by Crippen LogP contribution is 2.29. The molecule has 1 fully saturated rings. The predicted octanol–water partition coefficient (Wildman–Crippen LogP) is 7.33. The number of hydrogen-bond donors (Lipinski definition) is 0. The molecule has 0 saturated heterocycles. The van der Waals surface area contributed by atoms with Gasteiger partial charge in [-0.15, -0.1) is 0 Å². The van der Waals surface area contributed by atoms with Crippen molar-refractivity contribution in [1.82, 2.24) is 0 Å². The highest BCUT2D eigenvalue weighted by atomic mass is 14.2. The van der Waals surface area contributed by atoms with E-state index in [0.717, 1.165) is 23.7 Å². The minimum absolute atomic E-state index is 0.898. The van der Waals surface area contributed by atoms with Crippen molar-refractivity contribution >= 4 is 0 Å². The molecule has 0 bridgehead atoms. The fourth-order valence-electron chi connectivity index (χ4n) is 2.49. The fourth-order valence-corrected chi connectivity index (χ4v) is 2.49. The summed E-state index contributed by atoms with van der Waals surface area (Å²) in [7, 11) is 0. The Morgan fingerprint density at radius 3 is 1.11 bits per heavy atom. The third-order valence-corrected chi connectivity index (χ3v) is 4.02. The maximum absolute atomic E-state index is 2.36. The van der Waals surface area contributed by atoms with Crippen LogP contribution in [-0.2, 0) is 0 Å². The third kappa shape index (κ3) is 18.0. The lowest BCUT2D eigenvalue weighted by Gasteiger charge is -2.05. The first kappa shape index (κ1) is 21.3. The summed E-state index contributed by atoms with van der Waals surface area (Å²) in [5, 5.41) is 0. The van der Waals surface area contributed by atoms with Gasteiger partial charge in [-0.3, -0.25) is 0 Å². The molecule has 0 heterocycles. The molecule has 0 amide bonds. The Morgan fingerprint density at radius 2 is 1.05 bits per heavy atom. The molecule has 0 radical (unpaired) electrons. The van der Waals surface area contributed by atoms with Gasteiger partial charge in [0.05, 0.1) is 0 Å². The Kier molecular flexibility index (Phi) is 16.2. The Hall–Kier alpha value is 0. The SMILES string of the molecule is CC1CCCC1C.CCCC(C)C.CCCC(C)C. The van der Waals surface area contributed by atoms with Crippen LogP contribution in [-0.4, -0.2) is 0 Å². The van der Waals surface area contributed by atoms with Crippen molar-refractivity contribution in [1.29, 1.82) is 0 Å². The number of rotatable bonds is 4. The van der Waals surface area contributed by atoms with Crippen LogP contribution in [0.15, 0.2) is 0 Å². The molecule has 118 valence electrons. The zero-order chi connectivity index (χ0) is 15.3. The molecular formula is C19H42. The molecule has 0 N–H and O–H groups in total. The molecule has 0 aromatic heterocycles. The van der Waals surface area contributed by atoms with Gasteiger partial charge in [-0.05, 0) is 23.7 Å². The fraction of sp³-hybridized carbons (Fsp3) is 1.00. The Labute approximate surface area is 124 Å². The second-order valence-corrected chi connectivity index (χ2v) is 7.25. The normalized spacial score (nSPS) is 21.8. The van der Waals surface area contributed by atoms with Crippen molar-refractivity contribution in [3.8, 4) is 0 Å². The maximum atomic E-state index is 2.36. The minimum Gasteiger partial charge on any atom is -0.0654 e. The molecular weight excluding hydrogens is 228 g/mol. The largest absolute Gasteiger partial charge is 0.0654 e. The van der Waals surface area contributed by atoms with Gasteiger partial charge in [-0.25, -0.2) is 0 Å². The van der Waals surface area contributed by atoms with Gasteiger partial charge in [0.1, 0.15) is 0 Å². The average molecular weight is 271 g/mol. The van der Waals surface area contributed by atoms with Crippen LogP contribution in [0.5, 0.6) is 0 Å². The van der Waals surface area contributed by atoms with E-state index in [1.54, 1.807) is 0 Å². The van der Waals surface area contributed by atoms with Crippen LogP contribution in [0.1, 0.15) is 100 Å². The summed E-state index contributed by atoms with van der Waals surface area (Å²) in [4.78, 5) is 0. The van der Waals surface area contributed by atoms with E-state index in [1.807, 2.05) is 0 Å². The molecule has 2 atom stereocenters. The van der Waals surface area contributed by atoms with E-state index < -0.39 is 0 Å². The van der Waals surface area contributed by atoms with E-state index in [0.29, 0.717) is 0 Å². The van der Waals surface area contributed by atoms with Crippen molar-refractivity contribution in [2.45, 2.75) is 100 Å². The zero-order valence-corrected chi connectivity index (χ0v) is 15.3. The van der Waals surface area contributed by atoms with Crippen LogP contribution in [0.4, 0.5) is 0 Å². The van der Waals surface area contributed by atoms with E-state index in [-0.39, 0.29) is 0 Å². The van der Waals surface area contributed by atoms with Crippen LogP contribution in [0.2, 0.25) is 0 Å². The lowest BCUT2D eigenvalue weighted by atomic mass is 10.0. The number of hydrogen-bond acceptors (Lipinski definition) is 0. The van der Waals surface area contributed by atoms with Crippen LogP contribution in [0.25, 0.3) is 0 Å². The molecule has 0 spiro atoms. The highest BCUT2D eigenvalue weighted by molar-refractivity contribution is 4.69. The molecule has 1 aliphatic rings. The Morgan fingerprint density at radius 1 is 0.737 bits per heavy atom. The lowest BCUT2D eigenvalue weighted by molar-refractivity contribution is 0.457. The first-order valence-corrected chi connectivity index (χ1v) is 8.84. The molecule has 0 heteroatoms. The van der Waals surface area contributed by atoms with Crippen molar-refractivity contribution in [2.24, 2.45) is 23.7 Å². The van der Waals surface area contributed by atoms with Crippen molar-refractivity contribution in [3.63, 3.8) is 0 Å². The third-order valence-electron chi connectivity index (χ3n) is 4.02. The van der Waals surface area contributed by atoms with Gasteiger partial charge in [-0.2, -0.15) is 0 Å². The van der Waals surface area contributed by atoms with Gasteiger partial charge >= 0.3 is 0 Å². The van der Waals surface area contributed by atoms with Gasteiger partial charge in [-0.1, -0.05) is 100 Å². The second kappa shape index (κ2) is 14.4. The molecule has 0 aromatic rings. The van der Waals surface area contributed by atoms with Gasteiger partial charge in [0.15, 0.2) is 0 Å². The van der Waals surface area contributed by atoms with E-state index in [4.69, 9.17) is 0 Å². The van der Waals surface area contributed by atoms with E-state index in [2.05, 4.69) is 55.4 Å². The maximum Gasteiger partial charge on any atom is -0.0417 e. The standard InChI is InChI=1S/C7H14.2C6H14/c1-6-4-3-5-7(6)2;2*1-4-5-6(2)3/h6-7H,3-5H2,1-2H3;2*6H,4-5H2,1-3H3. The first-order valence-electron chi connectivity index (χ1n) is 8.84. The van der Waals surface area contributed by atoms with Crippen molar-refractivity contribution in [2.75, 3.05) is 0 Å². The van der Waals surface area contributed by atoms with Gasteiger partial charge in [0.2, 0.25) is 0 Å². The zero-order valence-electron chi connectivity index (χ0n) is 15.3. The minimum atomic E-state index is 0.898. The van der Waals surface area contributed by atoms with Gasteiger partial charge in [0.25, 0.3) is 0 Å². The van der Waals surface area contributed by atoms with E-state index >= 15 is 0 Å². The summed E-state index contributed by atoms with van der Waals surface area (Å²) < 4.78 is 0. The topological polar surface area (TPSA) is 0 Å². The summed E-state index contributed by atoms with van der Waals surface area (Å²) in [5.41, 5.74) is 0.